The lowest BCUT2D eigenvalue weighted by molar-refractivity contribution is 0.175. The number of nitrogens with one attached hydrogen (secondary N) is 1. The van der Waals surface area contributed by atoms with Crippen molar-refractivity contribution in [3.63, 3.8) is 0 Å². The van der Waals surface area contributed by atoms with Crippen molar-refractivity contribution in [1.29, 1.82) is 0 Å². The van der Waals surface area contributed by atoms with Crippen LogP contribution in [0, 0.1) is 0 Å². The Bertz CT molecular complexity index is 575. The van der Waals surface area contributed by atoms with E-state index in [-0.39, 0.29) is 11.9 Å². The lowest BCUT2D eigenvalue weighted by atomic mass is 9.98. The highest BCUT2D eigenvalue weighted by molar-refractivity contribution is 5.74. The normalized spacial score (nSPS) is 19.2. The van der Waals surface area contributed by atoms with Crippen molar-refractivity contribution in [3.05, 3.63) is 30.2 Å². The monoisotopic (exact) mass is 273 g/mol. The van der Waals surface area contributed by atoms with Crippen LogP contribution in [0.3, 0.4) is 0 Å². The van der Waals surface area contributed by atoms with Gasteiger partial charge < -0.3 is 14.6 Å². The average molecular weight is 273 g/mol. The fraction of sp³-hybridized carbons (Fsp3) is 0.467. The maximum Gasteiger partial charge on any atom is 0.317 e. The average Bonchev–Trinajstić information content (AvgIpc) is 2.91. The molecule has 2 amide bonds. The second kappa shape index (κ2) is 5.53. The van der Waals surface area contributed by atoms with E-state index in [2.05, 4.69) is 10.3 Å². The first-order chi connectivity index (χ1) is 9.78. The highest BCUT2D eigenvalue weighted by atomic mass is 16.3. The van der Waals surface area contributed by atoms with Gasteiger partial charge in [0.05, 0.1) is 5.92 Å². The number of benzene rings is 1. The number of carbonyl (C=O) groups is 1. The molecule has 5 nitrogen and oxygen atoms in total. The van der Waals surface area contributed by atoms with Gasteiger partial charge in [0.1, 0.15) is 5.52 Å². The standard InChI is InChI=1S/C15H19N3O2/c1-2-16-15(19)18-9-5-6-11(10-18)14-17-12-7-3-4-8-13(12)20-14/h3-4,7-8,11H,2,5-6,9-10H2,1H3,(H,16,19). The number of nitrogens with zero attached hydrogens (tertiary/aromatic N) is 2. The van der Waals surface area contributed by atoms with E-state index < -0.39 is 0 Å². The summed E-state index contributed by atoms with van der Waals surface area (Å²) >= 11 is 0. The van der Waals surface area contributed by atoms with Crippen LogP contribution in [0.1, 0.15) is 31.6 Å². The van der Waals surface area contributed by atoms with E-state index in [1.165, 1.54) is 0 Å². The minimum absolute atomic E-state index is 0.00770. The van der Waals surface area contributed by atoms with Crippen molar-refractivity contribution in [3.8, 4) is 0 Å². The summed E-state index contributed by atoms with van der Waals surface area (Å²) in [6, 6.07) is 7.78. The van der Waals surface area contributed by atoms with Crippen LogP contribution < -0.4 is 5.32 Å². The number of hydrogen-bond acceptors (Lipinski definition) is 3. The summed E-state index contributed by atoms with van der Waals surface area (Å²) in [7, 11) is 0. The second-order valence-corrected chi connectivity index (χ2v) is 5.14. The van der Waals surface area contributed by atoms with Crippen LogP contribution in [0.25, 0.3) is 11.1 Å². The number of piperidine rings is 1. The number of aromatic nitrogens is 1. The highest BCUT2D eigenvalue weighted by Crippen LogP contribution is 2.28. The molecule has 1 aliphatic heterocycles. The molecule has 106 valence electrons. The summed E-state index contributed by atoms with van der Waals surface area (Å²) in [6.07, 6.45) is 2.00. The van der Waals surface area contributed by atoms with Gasteiger partial charge in [-0.15, -0.1) is 0 Å². The summed E-state index contributed by atoms with van der Waals surface area (Å²) in [6.45, 7) is 4.07. The predicted molar refractivity (Wildman–Crippen MR) is 76.6 cm³/mol. The molecule has 1 fully saturated rings. The van der Waals surface area contributed by atoms with E-state index in [0.717, 1.165) is 36.4 Å². The number of oxazole rings is 1. The Kier molecular flexibility index (Phi) is 3.58. The number of urea groups is 1. The molecule has 1 aromatic heterocycles. The molecule has 0 radical (unpaired) electrons. The molecule has 2 aromatic rings. The van der Waals surface area contributed by atoms with Gasteiger partial charge in [-0.25, -0.2) is 9.78 Å². The molecule has 1 unspecified atom stereocenters. The predicted octanol–water partition coefficient (Wildman–Crippen LogP) is 2.74. The Morgan fingerprint density at radius 1 is 1.50 bits per heavy atom. The molecule has 20 heavy (non-hydrogen) atoms. The first kappa shape index (κ1) is 13.0. The quantitative estimate of drug-likeness (QED) is 0.915. The van der Waals surface area contributed by atoms with Crippen molar-refractivity contribution in [2.75, 3.05) is 19.6 Å². The number of fused-ring (bicyclic) bond motifs is 1. The fourth-order valence-corrected chi connectivity index (χ4v) is 2.69. The summed E-state index contributed by atoms with van der Waals surface area (Å²) in [5.74, 6) is 0.943. The zero-order chi connectivity index (χ0) is 13.9. The number of hydrogen-bond donors (Lipinski definition) is 1. The van der Waals surface area contributed by atoms with Gasteiger partial charge in [-0.2, -0.15) is 0 Å². The topological polar surface area (TPSA) is 58.4 Å². The van der Waals surface area contributed by atoms with Crippen molar-refractivity contribution in [1.82, 2.24) is 15.2 Å². The Morgan fingerprint density at radius 3 is 3.15 bits per heavy atom. The first-order valence-electron chi connectivity index (χ1n) is 7.16. The van der Waals surface area contributed by atoms with Gasteiger partial charge in [0, 0.05) is 19.6 Å². The minimum atomic E-state index is 0.00770. The molecule has 1 N–H and O–H groups in total. The maximum absolute atomic E-state index is 11.9. The molecule has 1 aromatic carbocycles. The van der Waals surface area contributed by atoms with Gasteiger partial charge >= 0.3 is 6.03 Å². The number of amides is 2. The van der Waals surface area contributed by atoms with Crippen LogP contribution in [0.15, 0.2) is 28.7 Å². The van der Waals surface area contributed by atoms with Gasteiger partial charge in [0.15, 0.2) is 11.5 Å². The third kappa shape index (κ3) is 2.48. The molecule has 3 rings (SSSR count). The van der Waals surface area contributed by atoms with Gasteiger partial charge in [-0.3, -0.25) is 0 Å². The number of carbonyl (C=O) groups excluding carboxylic acids is 1. The molecule has 0 spiro atoms. The lowest BCUT2D eigenvalue weighted by Crippen LogP contribution is -2.44. The van der Waals surface area contributed by atoms with Crippen LogP contribution in [-0.2, 0) is 0 Å². The van der Waals surface area contributed by atoms with Gasteiger partial charge in [-0.05, 0) is 31.9 Å². The third-order valence-electron chi connectivity index (χ3n) is 3.70. The molecule has 2 heterocycles. The molecule has 0 bridgehead atoms. The number of rotatable bonds is 2. The number of likely N-dealkylation sites (tertiary alicyclic amines) is 1. The summed E-state index contributed by atoms with van der Waals surface area (Å²) in [5.41, 5.74) is 1.70. The van der Waals surface area contributed by atoms with Crippen molar-refractivity contribution in [2.45, 2.75) is 25.7 Å². The zero-order valence-corrected chi connectivity index (χ0v) is 11.6. The van der Waals surface area contributed by atoms with Crippen molar-refractivity contribution < 1.29 is 9.21 Å². The van der Waals surface area contributed by atoms with Crippen LogP contribution in [0.2, 0.25) is 0 Å². The number of para-hydroxylation sites is 2. The Balaban J connectivity index is 1.77. The Morgan fingerprint density at radius 2 is 2.35 bits per heavy atom. The smallest absolute Gasteiger partial charge is 0.317 e. The Labute approximate surface area is 118 Å². The third-order valence-corrected chi connectivity index (χ3v) is 3.70. The zero-order valence-electron chi connectivity index (χ0n) is 11.6. The van der Waals surface area contributed by atoms with Crippen LogP contribution >= 0.6 is 0 Å². The van der Waals surface area contributed by atoms with Gasteiger partial charge in [0.2, 0.25) is 0 Å². The summed E-state index contributed by atoms with van der Waals surface area (Å²) < 4.78 is 5.83. The molecule has 0 aliphatic carbocycles. The van der Waals surface area contributed by atoms with E-state index in [1.807, 2.05) is 36.1 Å². The molecular formula is C15H19N3O2. The molecular weight excluding hydrogens is 254 g/mol. The second-order valence-electron chi connectivity index (χ2n) is 5.14. The van der Waals surface area contributed by atoms with Crippen LogP contribution in [-0.4, -0.2) is 35.5 Å². The first-order valence-corrected chi connectivity index (χ1v) is 7.16. The molecule has 5 heteroatoms. The fourth-order valence-electron chi connectivity index (χ4n) is 2.69. The SMILES string of the molecule is CCNC(=O)N1CCCC(c2nc3ccccc3o2)C1. The van der Waals surface area contributed by atoms with Crippen LogP contribution in [0.5, 0.6) is 0 Å². The van der Waals surface area contributed by atoms with Crippen molar-refractivity contribution >= 4 is 17.1 Å². The Hall–Kier alpha value is -2.04. The van der Waals surface area contributed by atoms with E-state index in [4.69, 9.17) is 4.42 Å². The van der Waals surface area contributed by atoms with Gasteiger partial charge in [-0.1, -0.05) is 12.1 Å². The van der Waals surface area contributed by atoms with Gasteiger partial charge in [0.25, 0.3) is 0 Å². The van der Waals surface area contributed by atoms with E-state index >= 15 is 0 Å². The molecule has 1 aliphatic rings. The molecule has 0 saturated carbocycles. The van der Waals surface area contributed by atoms with E-state index in [9.17, 15) is 4.79 Å². The summed E-state index contributed by atoms with van der Waals surface area (Å²) in [4.78, 5) is 18.3. The molecule has 1 atom stereocenters. The van der Waals surface area contributed by atoms with Crippen molar-refractivity contribution in [2.24, 2.45) is 0 Å². The molecule has 1 saturated heterocycles. The van der Waals surface area contributed by atoms with Crippen LogP contribution in [0.4, 0.5) is 4.79 Å². The lowest BCUT2D eigenvalue weighted by Gasteiger charge is -2.31. The highest BCUT2D eigenvalue weighted by Gasteiger charge is 2.27. The minimum Gasteiger partial charge on any atom is -0.440 e. The van der Waals surface area contributed by atoms with E-state index in [1.54, 1.807) is 0 Å². The largest absolute Gasteiger partial charge is 0.440 e. The van der Waals surface area contributed by atoms with E-state index in [0.29, 0.717) is 13.1 Å². The maximum atomic E-state index is 11.9. The summed E-state index contributed by atoms with van der Waals surface area (Å²) in [5, 5.41) is 2.85.